The molecule has 0 unspecified atom stereocenters. The first-order valence-corrected chi connectivity index (χ1v) is 8.56. The molecule has 2 aromatic carbocycles. The Hall–Kier alpha value is -3.35. The Morgan fingerprint density at radius 1 is 0.926 bits per heavy atom. The number of nitrogens with zero attached hydrogens (tertiary/aromatic N) is 1. The van der Waals surface area contributed by atoms with Gasteiger partial charge in [-0.15, -0.1) is 0 Å². The largest absolute Gasteiger partial charge is 0.493 e. The molecule has 0 amide bonds. The van der Waals surface area contributed by atoms with Crippen molar-refractivity contribution in [1.82, 2.24) is 4.98 Å². The Morgan fingerprint density at radius 2 is 1.67 bits per heavy atom. The van der Waals surface area contributed by atoms with Gasteiger partial charge in [0, 0.05) is 12.7 Å². The molecule has 0 fully saturated rings. The van der Waals surface area contributed by atoms with Gasteiger partial charge in [-0.25, -0.2) is 0 Å². The van der Waals surface area contributed by atoms with Gasteiger partial charge in [-0.3, -0.25) is 14.6 Å². The predicted octanol–water partition coefficient (Wildman–Crippen LogP) is 1.96. The molecule has 0 aliphatic rings. The first-order valence-electron chi connectivity index (χ1n) is 8.56. The molecule has 140 valence electrons. The van der Waals surface area contributed by atoms with E-state index < -0.39 is 10.9 Å². The van der Waals surface area contributed by atoms with Crippen LogP contribution in [0.25, 0.3) is 0 Å². The molecule has 1 heterocycles. The van der Waals surface area contributed by atoms with Crippen LogP contribution >= 0.6 is 0 Å². The van der Waals surface area contributed by atoms with Crippen LogP contribution in [0.15, 0.2) is 52.2 Å². The van der Waals surface area contributed by atoms with Crippen molar-refractivity contribution in [3.63, 3.8) is 0 Å². The van der Waals surface area contributed by atoms with E-state index in [9.17, 15) is 9.59 Å². The molecule has 0 saturated heterocycles. The molecule has 2 N–H and O–H groups in total. The van der Waals surface area contributed by atoms with Crippen LogP contribution < -0.4 is 31.0 Å². The molecule has 7 heteroatoms. The smallest absolute Gasteiger partial charge is 0.253 e. The van der Waals surface area contributed by atoms with Crippen LogP contribution in [-0.4, -0.2) is 25.7 Å². The second-order valence-electron chi connectivity index (χ2n) is 5.95. The van der Waals surface area contributed by atoms with Crippen molar-refractivity contribution in [3.8, 4) is 11.5 Å². The summed E-state index contributed by atoms with van der Waals surface area (Å²) in [5.41, 5.74) is 1.48. The van der Waals surface area contributed by atoms with Crippen LogP contribution in [0.1, 0.15) is 11.3 Å². The highest BCUT2D eigenvalue weighted by molar-refractivity contribution is 5.73. The van der Waals surface area contributed by atoms with E-state index in [1.165, 1.54) is 0 Å². The monoisotopic (exact) mass is 367 g/mol. The molecule has 0 radical (unpaired) electrons. The van der Waals surface area contributed by atoms with Gasteiger partial charge >= 0.3 is 0 Å². The van der Waals surface area contributed by atoms with Crippen molar-refractivity contribution in [2.75, 3.05) is 31.4 Å². The van der Waals surface area contributed by atoms with E-state index in [2.05, 4.69) is 15.6 Å². The molecule has 0 aliphatic carbocycles. The lowest BCUT2D eigenvalue weighted by Gasteiger charge is -2.15. The summed E-state index contributed by atoms with van der Waals surface area (Å²) in [4.78, 5) is 27.9. The highest BCUT2D eigenvalue weighted by Gasteiger charge is 2.20. The van der Waals surface area contributed by atoms with Gasteiger partial charge in [-0.2, -0.15) is 0 Å². The van der Waals surface area contributed by atoms with Gasteiger partial charge in [-0.1, -0.05) is 12.1 Å². The summed E-state index contributed by atoms with van der Waals surface area (Å²) in [6, 6.07) is 11.2. The van der Waals surface area contributed by atoms with Crippen LogP contribution in [0, 0.1) is 0 Å². The third-order valence-corrected chi connectivity index (χ3v) is 4.25. The van der Waals surface area contributed by atoms with Crippen molar-refractivity contribution in [1.29, 1.82) is 0 Å². The zero-order chi connectivity index (χ0) is 19.2. The van der Waals surface area contributed by atoms with Crippen molar-refractivity contribution in [3.05, 3.63) is 74.3 Å². The van der Waals surface area contributed by atoms with Gasteiger partial charge < -0.3 is 20.1 Å². The Morgan fingerprint density at radius 3 is 2.33 bits per heavy atom. The Labute approximate surface area is 156 Å². The zero-order valence-corrected chi connectivity index (χ0v) is 15.2. The minimum atomic E-state index is -0.500. The van der Waals surface area contributed by atoms with E-state index in [0.717, 1.165) is 11.3 Å². The topological polar surface area (TPSA) is 89.5 Å². The third kappa shape index (κ3) is 4.08. The van der Waals surface area contributed by atoms with Crippen LogP contribution in [0.4, 0.5) is 11.4 Å². The number of nitrogens with one attached hydrogen (secondary N) is 2. The first-order chi connectivity index (χ1) is 13.1. The maximum atomic E-state index is 11.8. The minimum Gasteiger partial charge on any atom is -0.493 e. The number of ether oxygens (including phenoxy) is 2. The van der Waals surface area contributed by atoms with Crippen LogP contribution in [0.2, 0.25) is 0 Å². The second-order valence-corrected chi connectivity index (χ2v) is 5.95. The standard InChI is InChI=1S/C20H21N3O4/c1-26-15-7-6-13(11-16(15)27-2)8-10-22-17-18(20(25)19(17)24)23-12-14-5-3-4-9-21-14/h3-7,9,11,22-23H,8,10,12H2,1-2H3. The molecular weight excluding hydrogens is 346 g/mol. The average molecular weight is 367 g/mol. The molecular formula is C20H21N3O4. The van der Waals surface area contributed by atoms with Gasteiger partial charge in [0.1, 0.15) is 11.4 Å². The first kappa shape index (κ1) is 18.4. The molecule has 27 heavy (non-hydrogen) atoms. The summed E-state index contributed by atoms with van der Waals surface area (Å²) in [6.07, 6.45) is 2.35. The minimum absolute atomic E-state index is 0.318. The SMILES string of the molecule is COc1ccc(CCNc2c(NCc3ccccn3)c(=O)c2=O)cc1OC. The fourth-order valence-corrected chi connectivity index (χ4v) is 2.78. The normalized spacial score (nSPS) is 10.6. The highest BCUT2D eigenvalue weighted by atomic mass is 16.5. The van der Waals surface area contributed by atoms with E-state index in [1.54, 1.807) is 20.4 Å². The number of anilines is 2. The summed E-state index contributed by atoms with van der Waals surface area (Å²) in [7, 11) is 3.17. The molecule has 3 rings (SSSR count). The molecule has 7 nitrogen and oxygen atoms in total. The zero-order valence-electron chi connectivity index (χ0n) is 15.2. The maximum absolute atomic E-state index is 11.8. The van der Waals surface area contributed by atoms with Crippen molar-refractivity contribution >= 4 is 11.4 Å². The molecule has 1 aromatic heterocycles. The number of aromatic nitrogens is 1. The van der Waals surface area contributed by atoms with E-state index >= 15 is 0 Å². The van der Waals surface area contributed by atoms with Gasteiger partial charge in [0.15, 0.2) is 11.5 Å². The molecule has 0 saturated carbocycles. The number of hydrogen-bond donors (Lipinski definition) is 2. The summed E-state index contributed by atoms with van der Waals surface area (Å²) in [6.45, 7) is 0.897. The number of methoxy groups -OCH3 is 2. The van der Waals surface area contributed by atoms with Gasteiger partial charge in [0.2, 0.25) is 0 Å². The summed E-state index contributed by atoms with van der Waals surface area (Å²) < 4.78 is 10.5. The Bertz CT molecular complexity index is 979. The van der Waals surface area contributed by atoms with E-state index in [-0.39, 0.29) is 0 Å². The number of hydrogen-bond acceptors (Lipinski definition) is 7. The van der Waals surface area contributed by atoms with Crippen molar-refractivity contribution in [2.45, 2.75) is 13.0 Å². The molecule has 3 aromatic rings. The molecule has 0 aliphatic heterocycles. The highest BCUT2D eigenvalue weighted by Crippen LogP contribution is 2.27. The lowest BCUT2D eigenvalue weighted by atomic mass is 10.1. The lowest BCUT2D eigenvalue weighted by molar-refractivity contribution is 0.354. The quantitative estimate of drug-likeness (QED) is 0.559. The molecule has 0 bridgehead atoms. The summed E-state index contributed by atoms with van der Waals surface area (Å²) in [5.74, 6) is 1.32. The van der Waals surface area contributed by atoms with E-state index in [1.807, 2.05) is 36.4 Å². The fraction of sp³-hybridized carbons (Fsp3) is 0.250. The Kier molecular flexibility index (Phi) is 5.71. The summed E-state index contributed by atoms with van der Waals surface area (Å²) in [5, 5.41) is 6.05. The number of pyridine rings is 1. The summed E-state index contributed by atoms with van der Waals surface area (Å²) >= 11 is 0. The predicted molar refractivity (Wildman–Crippen MR) is 105 cm³/mol. The fourth-order valence-electron chi connectivity index (χ4n) is 2.78. The van der Waals surface area contributed by atoms with E-state index in [4.69, 9.17) is 9.47 Å². The Balaban J connectivity index is 1.60. The van der Waals surface area contributed by atoms with Crippen LogP contribution in [-0.2, 0) is 13.0 Å². The number of rotatable bonds is 9. The molecule has 0 atom stereocenters. The third-order valence-electron chi connectivity index (χ3n) is 4.25. The van der Waals surface area contributed by atoms with Gasteiger partial charge in [0.25, 0.3) is 10.9 Å². The second kappa shape index (κ2) is 8.35. The molecule has 0 spiro atoms. The number of benzene rings is 1. The van der Waals surface area contributed by atoms with Gasteiger partial charge in [-0.05, 0) is 36.2 Å². The van der Waals surface area contributed by atoms with Crippen molar-refractivity contribution < 1.29 is 9.47 Å². The van der Waals surface area contributed by atoms with Crippen molar-refractivity contribution in [2.24, 2.45) is 0 Å². The van der Waals surface area contributed by atoms with Gasteiger partial charge in [0.05, 0.1) is 26.5 Å². The van der Waals surface area contributed by atoms with Crippen LogP contribution in [0.5, 0.6) is 11.5 Å². The average Bonchev–Trinajstić information content (AvgIpc) is 2.72. The lowest BCUT2D eigenvalue weighted by Crippen LogP contribution is -2.37. The maximum Gasteiger partial charge on any atom is 0.253 e. The van der Waals surface area contributed by atoms with E-state index in [0.29, 0.717) is 42.4 Å². The van der Waals surface area contributed by atoms with Crippen LogP contribution in [0.3, 0.4) is 0 Å².